The highest BCUT2D eigenvalue weighted by Gasteiger charge is 2.26. The van der Waals surface area contributed by atoms with Crippen LogP contribution in [-0.4, -0.2) is 55.2 Å². The van der Waals surface area contributed by atoms with Crippen LogP contribution in [0.25, 0.3) is 0 Å². The van der Waals surface area contributed by atoms with Crippen LogP contribution in [0.1, 0.15) is 30.5 Å². The lowest BCUT2D eigenvalue weighted by Gasteiger charge is -2.32. The molecule has 1 aliphatic heterocycles. The van der Waals surface area contributed by atoms with Crippen LogP contribution in [0, 0.1) is 6.92 Å². The predicted octanol–water partition coefficient (Wildman–Crippen LogP) is 0.0501. The molecule has 9 nitrogen and oxygen atoms in total. The van der Waals surface area contributed by atoms with Crippen LogP contribution in [0.3, 0.4) is 0 Å². The molecule has 1 fully saturated rings. The Bertz CT molecular complexity index is 742. The first-order valence-corrected chi connectivity index (χ1v) is 7.91. The molecule has 0 bridgehead atoms. The van der Waals surface area contributed by atoms with Gasteiger partial charge in [-0.15, -0.1) is 0 Å². The van der Waals surface area contributed by atoms with Crippen molar-refractivity contribution in [2.45, 2.75) is 32.4 Å². The molecule has 0 radical (unpaired) electrons. The lowest BCUT2D eigenvalue weighted by molar-refractivity contribution is -0.139. The highest BCUT2D eigenvalue weighted by Crippen LogP contribution is 2.20. The summed E-state index contributed by atoms with van der Waals surface area (Å²) in [5.41, 5.74) is 0.355. The molecule has 0 aliphatic carbocycles. The highest BCUT2D eigenvalue weighted by molar-refractivity contribution is 5.76. The smallest absolute Gasteiger partial charge is 0.251 e. The van der Waals surface area contributed by atoms with Gasteiger partial charge in [0.15, 0.2) is 0 Å². The molecule has 1 atom stereocenters. The molecule has 3 rings (SSSR count). The first kappa shape index (κ1) is 16.3. The van der Waals surface area contributed by atoms with E-state index in [0.29, 0.717) is 50.6 Å². The number of amides is 1. The van der Waals surface area contributed by atoms with Gasteiger partial charge < -0.3 is 14.6 Å². The number of carbonyl (C=O) groups is 1. The van der Waals surface area contributed by atoms with Gasteiger partial charge in [0, 0.05) is 25.6 Å². The van der Waals surface area contributed by atoms with Crippen LogP contribution in [0.2, 0.25) is 0 Å². The monoisotopic (exact) mass is 332 g/mol. The van der Waals surface area contributed by atoms with E-state index < -0.39 is 0 Å². The maximum Gasteiger partial charge on any atom is 0.251 e. The number of hydrogen-bond acceptors (Lipinski definition) is 6. The zero-order valence-corrected chi connectivity index (χ0v) is 13.5. The minimum absolute atomic E-state index is 0.0741. The molecule has 2 aromatic rings. The lowest BCUT2D eigenvalue weighted by Crippen LogP contribution is -2.42. The Kier molecular flexibility index (Phi) is 4.99. The maximum atomic E-state index is 12.4. The molecule has 0 unspecified atom stereocenters. The number of rotatable bonds is 5. The van der Waals surface area contributed by atoms with Crippen LogP contribution in [0.5, 0.6) is 0 Å². The van der Waals surface area contributed by atoms with Gasteiger partial charge >= 0.3 is 0 Å². The van der Waals surface area contributed by atoms with Crippen molar-refractivity contribution >= 4 is 5.91 Å². The van der Waals surface area contributed by atoms with Crippen molar-refractivity contribution < 1.29 is 9.53 Å². The molecule has 9 heteroatoms. The number of aromatic amines is 1. The molecule has 1 saturated heterocycles. The summed E-state index contributed by atoms with van der Waals surface area (Å²) in [5, 5.41) is 4.01. The number of carbonyl (C=O) groups excluding carboxylic acids is 1. The van der Waals surface area contributed by atoms with Crippen LogP contribution in [-0.2, 0) is 16.1 Å². The molecule has 24 heavy (non-hydrogen) atoms. The van der Waals surface area contributed by atoms with E-state index >= 15 is 0 Å². The van der Waals surface area contributed by atoms with Gasteiger partial charge in [-0.2, -0.15) is 5.10 Å². The van der Waals surface area contributed by atoms with Crippen LogP contribution < -0.4 is 5.56 Å². The summed E-state index contributed by atoms with van der Waals surface area (Å²) in [6.07, 6.45) is 3.89. The molecular weight excluding hydrogens is 312 g/mol. The Morgan fingerprint density at radius 1 is 1.50 bits per heavy atom. The van der Waals surface area contributed by atoms with E-state index in [1.54, 1.807) is 22.8 Å². The quantitative estimate of drug-likeness (QED) is 0.829. The number of morpholine rings is 1. The Morgan fingerprint density at radius 2 is 2.38 bits per heavy atom. The van der Waals surface area contributed by atoms with Gasteiger partial charge in [0.25, 0.3) is 5.56 Å². The van der Waals surface area contributed by atoms with Crippen molar-refractivity contribution in [1.29, 1.82) is 0 Å². The van der Waals surface area contributed by atoms with Gasteiger partial charge in [0.1, 0.15) is 24.6 Å². The van der Waals surface area contributed by atoms with E-state index in [-0.39, 0.29) is 17.6 Å². The fourth-order valence-electron chi connectivity index (χ4n) is 2.72. The van der Waals surface area contributed by atoms with Gasteiger partial charge in [-0.1, -0.05) is 0 Å². The number of aryl methyl sites for hydroxylation is 2. The topological polar surface area (TPSA) is 106 Å². The molecule has 1 amide bonds. The van der Waals surface area contributed by atoms with Gasteiger partial charge in [-0.3, -0.25) is 14.3 Å². The average Bonchev–Trinajstić information content (AvgIpc) is 3.07. The van der Waals surface area contributed by atoms with Crippen molar-refractivity contribution in [2.75, 3.05) is 19.7 Å². The van der Waals surface area contributed by atoms with Crippen LogP contribution in [0.4, 0.5) is 0 Å². The van der Waals surface area contributed by atoms with Crippen LogP contribution >= 0.6 is 0 Å². The highest BCUT2D eigenvalue weighted by atomic mass is 16.5. The van der Waals surface area contributed by atoms with E-state index in [1.165, 1.54) is 12.4 Å². The third-order valence-corrected chi connectivity index (χ3v) is 3.87. The van der Waals surface area contributed by atoms with Gasteiger partial charge in [0.05, 0.1) is 18.8 Å². The summed E-state index contributed by atoms with van der Waals surface area (Å²) < 4.78 is 7.39. The normalized spacial score (nSPS) is 17.9. The summed E-state index contributed by atoms with van der Waals surface area (Å²) in [5.74, 6) is 0.613. The molecule has 2 aromatic heterocycles. The second-order valence-corrected chi connectivity index (χ2v) is 5.72. The number of nitrogens with zero attached hydrogens (tertiary/aromatic N) is 5. The fourth-order valence-corrected chi connectivity index (χ4v) is 2.72. The summed E-state index contributed by atoms with van der Waals surface area (Å²) in [4.78, 5) is 36.5. The number of hydrogen-bond donors (Lipinski definition) is 1. The van der Waals surface area contributed by atoms with Crippen LogP contribution in [0.15, 0.2) is 23.5 Å². The minimum atomic E-state index is -0.362. The summed E-state index contributed by atoms with van der Waals surface area (Å²) in [6.45, 7) is 3.79. The SMILES string of the molecule is Cc1nc([C@@H]2CN(C(=O)CCCn3cncn3)CCO2)cc(=O)[nH]1. The first-order chi connectivity index (χ1) is 11.6. The molecular formula is C15H20N6O3. The van der Waals surface area contributed by atoms with Crippen molar-refractivity contribution in [1.82, 2.24) is 29.6 Å². The zero-order valence-electron chi connectivity index (χ0n) is 13.5. The molecule has 1 aliphatic rings. The Balaban J connectivity index is 1.56. The number of H-pyrrole nitrogens is 1. The Hall–Kier alpha value is -2.55. The van der Waals surface area contributed by atoms with Gasteiger partial charge in [0.2, 0.25) is 5.91 Å². The fraction of sp³-hybridized carbons (Fsp3) is 0.533. The molecule has 0 spiro atoms. The third-order valence-electron chi connectivity index (χ3n) is 3.87. The van der Waals surface area contributed by atoms with E-state index in [9.17, 15) is 9.59 Å². The molecule has 3 heterocycles. The van der Waals surface area contributed by atoms with E-state index in [4.69, 9.17) is 4.74 Å². The van der Waals surface area contributed by atoms with Gasteiger partial charge in [-0.25, -0.2) is 9.97 Å². The number of nitrogens with one attached hydrogen (secondary N) is 1. The molecule has 0 aromatic carbocycles. The second-order valence-electron chi connectivity index (χ2n) is 5.72. The third kappa shape index (κ3) is 4.05. The van der Waals surface area contributed by atoms with Crippen molar-refractivity contribution in [2.24, 2.45) is 0 Å². The molecule has 1 N–H and O–H groups in total. The maximum absolute atomic E-state index is 12.4. The van der Waals surface area contributed by atoms with Crippen molar-refractivity contribution in [3.63, 3.8) is 0 Å². The average molecular weight is 332 g/mol. The molecule has 0 saturated carbocycles. The number of ether oxygens (including phenoxy) is 1. The van der Waals surface area contributed by atoms with E-state index in [0.717, 1.165) is 0 Å². The Morgan fingerprint density at radius 3 is 3.12 bits per heavy atom. The van der Waals surface area contributed by atoms with E-state index in [2.05, 4.69) is 20.1 Å². The molecule has 128 valence electrons. The minimum Gasteiger partial charge on any atom is -0.368 e. The van der Waals surface area contributed by atoms with Crippen molar-refractivity contribution in [3.8, 4) is 0 Å². The largest absolute Gasteiger partial charge is 0.368 e. The summed E-state index contributed by atoms with van der Waals surface area (Å²) in [7, 11) is 0. The first-order valence-electron chi connectivity index (χ1n) is 7.91. The second kappa shape index (κ2) is 7.35. The summed E-state index contributed by atoms with van der Waals surface area (Å²) >= 11 is 0. The van der Waals surface area contributed by atoms with Gasteiger partial charge in [-0.05, 0) is 13.3 Å². The van der Waals surface area contributed by atoms with E-state index in [1.807, 2.05) is 0 Å². The zero-order chi connectivity index (χ0) is 16.9. The Labute approximate surface area is 138 Å². The number of aromatic nitrogens is 5. The predicted molar refractivity (Wildman–Crippen MR) is 84.1 cm³/mol. The van der Waals surface area contributed by atoms with Crippen molar-refractivity contribution in [3.05, 3.63) is 40.6 Å². The summed E-state index contributed by atoms with van der Waals surface area (Å²) in [6, 6.07) is 1.43. The standard InChI is InChI=1S/C15H20N6O3/c1-11-18-12(7-14(22)19-11)13-8-20(5-6-24-13)15(23)3-2-4-21-10-16-9-17-21/h7,9-10,13H,2-6,8H2,1H3,(H,18,19,22)/t13-/m0/s1. The lowest BCUT2D eigenvalue weighted by atomic mass is 10.1.